The molecule has 126 valence electrons. The van der Waals surface area contributed by atoms with Crippen LogP contribution in [0.25, 0.3) is 0 Å². The molecule has 0 aromatic heterocycles. The molecule has 1 saturated carbocycles. The fourth-order valence-electron chi connectivity index (χ4n) is 4.13. The second-order valence-corrected chi connectivity index (χ2v) is 9.05. The minimum Gasteiger partial charge on any atom is -0.380 e. The second-order valence-electron chi connectivity index (χ2n) is 7.22. The Morgan fingerprint density at radius 1 is 1.32 bits per heavy atom. The van der Waals surface area contributed by atoms with E-state index < -0.39 is 10.0 Å². The zero-order chi connectivity index (χ0) is 15.8. The van der Waals surface area contributed by atoms with Gasteiger partial charge in [0.25, 0.3) is 0 Å². The van der Waals surface area contributed by atoms with Crippen LogP contribution in [0.4, 0.5) is 0 Å². The summed E-state index contributed by atoms with van der Waals surface area (Å²) < 4.78 is 31.0. The number of carbonyl (C=O) groups is 1. The minimum absolute atomic E-state index is 0.174. The number of sulfonamides is 1. The second kappa shape index (κ2) is 6.09. The van der Waals surface area contributed by atoms with Gasteiger partial charge in [0.2, 0.25) is 15.9 Å². The normalized spacial score (nSPS) is 33.1. The van der Waals surface area contributed by atoms with Gasteiger partial charge < -0.3 is 9.64 Å². The summed E-state index contributed by atoms with van der Waals surface area (Å²) in [7, 11) is -3.22. The topological polar surface area (TPSA) is 75.7 Å². The van der Waals surface area contributed by atoms with Crippen molar-refractivity contribution in [2.45, 2.75) is 32.1 Å². The molecule has 2 atom stereocenters. The van der Waals surface area contributed by atoms with Crippen LogP contribution in [0.15, 0.2) is 0 Å². The van der Waals surface area contributed by atoms with E-state index in [0.29, 0.717) is 32.8 Å². The third-order valence-corrected chi connectivity index (χ3v) is 6.14. The van der Waals surface area contributed by atoms with Gasteiger partial charge in [-0.1, -0.05) is 19.3 Å². The Kier molecular flexibility index (Phi) is 4.49. The summed E-state index contributed by atoms with van der Waals surface area (Å²) in [6.45, 7) is 2.86. The predicted octanol–water partition coefficient (Wildman–Crippen LogP) is 0.591. The van der Waals surface area contributed by atoms with E-state index in [1.807, 2.05) is 4.90 Å². The van der Waals surface area contributed by atoms with E-state index in [-0.39, 0.29) is 23.2 Å². The average molecular weight is 330 g/mol. The molecule has 2 saturated heterocycles. The molecule has 0 radical (unpaired) electrons. The first-order valence-electron chi connectivity index (χ1n) is 8.21. The fraction of sp³-hybridized carbons (Fsp3) is 0.933. The van der Waals surface area contributed by atoms with Crippen LogP contribution in [0.3, 0.4) is 0 Å². The first kappa shape index (κ1) is 16.2. The van der Waals surface area contributed by atoms with E-state index in [1.54, 1.807) is 0 Å². The molecule has 3 aliphatic rings. The highest BCUT2D eigenvalue weighted by Gasteiger charge is 2.52. The van der Waals surface area contributed by atoms with Crippen LogP contribution in [0, 0.1) is 17.3 Å². The van der Waals surface area contributed by atoms with E-state index in [4.69, 9.17) is 4.74 Å². The third-order valence-electron chi connectivity index (χ3n) is 5.47. The molecule has 1 amide bonds. The van der Waals surface area contributed by atoms with Crippen molar-refractivity contribution in [2.24, 2.45) is 17.3 Å². The van der Waals surface area contributed by atoms with Crippen LogP contribution < -0.4 is 4.72 Å². The summed E-state index contributed by atoms with van der Waals surface area (Å²) in [5.41, 5.74) is -0.243. The summed E-state index contributed by atoms with van der Waals surface area (Å²) in [5, 5.41) is 0. The highest BCUT2D eigenvalue weighted by Crippen LogP contribution is 2.42. The molecule has 2 heterocycles. The van der Waals surface area contributed by atoms with E-state index in [1.165, 1.54) is 12.7 Å². The van der Waals surface area contributed by atoms with E-state index in [2.05, 4.69) is 4.72 Å². The maximum absolute atomic E-state index is 12.7. The highest BCUT2D eigenvalue weighted by molar-refractivity contribution is 7.88. The molecule has 0 bridgehead atoms. The standard InChI is InChI=1S/C15H26N2O4S/c1-22(19,20)16-9-15-10-17(7-13(15)8-21-11-15)14(18)12-5-3-2-4-6-12/h12-13,16H,2-11H2,1H3/t13-,15+/m1/s1. The van der Waals surface area contributed by atoms with Gasteiger partial charge in [-0.15, -0.1) is 0 Å². The number of rotatable bonds is 4. The lowest BCUT2D eigenvalue weighted by Gasteiger charge is -2.29. The van der Waals surface area contributed by atoms with Crippen molar-refractivity contribution in [1.29, 1.82) is 0 Å². The van der Waals surface area contributed by atoms with Gasteiger partial charge in [0, 0.05) is 36.9 Å². The van der Waals surface area contributed by atoms with Crippen molar-refractivity contribution in [3.05, 3.63) is 0 Å². The molecule has 7 heteroatoms. The lowest BCUT2D eigenvalue weighted by atomic mass is 9.81. The van der Waals surface area contributed by atoms with Gasteiger partial charge in [-0.05, 0) is 12.8 Å². The Morgan fingerprint density at radius 2 is 2.05 bits per heavy atom. The van der Waals surface area contributed by atoms with Gasteiger partial charge in [0.15, 0.2) is 0 Å². The van der Waals surface area contributed by atoms with Crippen molar-refractivity contribution < 1.29 is 17.9 Å². The van der Waals surface area contributed by atoms with E-state index in [0.717, 1.165) is 25.7 Å². The van der Waals surface area contributed by atoms with Gasteiger partial charge in [0.05, 0.1) is 19.5 Å². The van der Waals surface area contributed by atoms with Crippen molar-refractivity contribution in [1.82, 2.24) is 9.62 Å². The number of hydrogen-bond acceptors (Lipinski definition) is 4. The summed E-state index contributed by atoms with van der Waals surface area (Å²) in [4.78, 5) is 14.7. The Labute approximate surface area is 132 Å². The molecule has 1 aliphatic carbocycles. The Morgan fingerprint density at radius 3 is 2.73 bits per heavy atom. The van der Waals surface area contributed by atoms with Crippen molar-refractivity contribution >= 4 is 15.9 Å². The molecule has 2 aliphatic heterocycles. The lowest BCUT2D eigenvalue weighted by molar-refractivity contribution is -0.136. The monoisotopic (exact) mass is 330 g/mol. The first-order valence-corrected chi connectivity index (χ1v) is 10.1. The Bertz CT molecular complexity index is 530. The SMILES string of the molecule is CS(=O)(=O)NC[C@]12COC[C@H]1CN(C(=O)C1CCCCC1)C2. The molecule has 0 aromatic rings. The molecule has 0 aromatic carbocycles. The molecule has 0 spiro atoms. The highest BCUT2D eigenvalue weighted by atomic mass is 32.2. The molecule has 0 unspecified atom stereocenters. The zero-order valence-corrected chi connectivity index (χ0v) is 14.0. The smallest absolute Gasteiger partial charge is 0.225 e. The molecular weight excluding hydrogens is 304 g/mol. The zero-order valence-electron chi connectivity index (χ0n) is 13.2. The Hall–Kier alpha value is -0.660. The van der Waals surface area contributed by atoms with Gasteiger partial charge in [-0.25, -0.2) is 13.1 Å². The van der Waals surface area contributed by atoms with Crippen LogP contribution in [-0.4, -0.2) is 58.3 Å². The maximum Gasteiger partial charge on any atom is 0.225 e. The summed E-state index contributed by atoms with van der Waals surface area (Å²) in [6, 6.07) is 0. The quantitative estimate of drug-likeness (QED) is 0.819. The molecule has 3 rings (SSSR count). The summed E-state index contributed by atoms with van der Waals surface area (Å²) >= 11 is 0. The molecule has 22 heavy (non-hydrogen) atoms. The van der Waals surface area contributed by atoms with Gasteiger partial charge in [0.1, 0.15) is 0 Å². The van der Waals surface area contributed by atoms with Gasteiger partial charge in [-0.3, -0.25) is 4.79 Å². The lowest BCUT2D eigenvalue weighted by Crippen LogP contribution is -2.44. The number of nitrogens with zero attached hydrogens (tertiary/aromatic N) is 1. The van der Waals surface area contributed by atoms with Crippen LogP contribution in [0.1, 0.15) is 32.1 Å². The van der Waals surface area contributed by atoms with Crippen LogP contribution in [0.2, 0.25) is 0 Å². The van der Waals surface area contributed by atoms with Crippen LogP contribution in [-0.2, 0) is 19.6 Å². The number of nitrogens with one attached hydrogen (secondary N) is 1. The van der Waals surface area contributed by atoms with E-state index in [9.17, 15) is 13.2 Å². The van der Waals surface area contributed by atoms with Gasteiger partial charge >= 0.3 is 0 Å². The fourth-order valence-corrected chi connectivity index (χ4v) is 4.68. The minimum atomic E-state index is -3.22. The molecular formula is C15H26N2O4S. The number of fused-ring (bicyclic) bond motifs is 1. The largest absolute Gasteiger partial charge is 0.380 e. The number of likely N-dealkylation sites (tertiary alicyclic amines) is 1. The number of hydrogen-bond donors (Lipinski definition) is 1. The summed E-state index contributed by atoms with van der Waals surface area (Å²) in [6.07, 6.45) is 6.72. The van der Waals surface area contributed by atoms with Crippen molar-refractivity contribution in [3.8, 4) is 0 Å². The van der Waals surface area contributed by atoms with Crippen molar-refractivity contribution in [3.63, 3.8) is 0 Å². The van der Waals surface area contributed by atoms with Crippen LogP contribution >= 0.6 is 0 Å². The molecule has 1 N–H and O–H groups in total. The third kappa shape index (κ3) is 3.31. The number of carbonyl (C=O) groups excluding carboxylic acids is 1. The maximum atomic E-state index is 12.7. The number of amides is 1. The van der Waals surface area contributed by atoms with Gasteiger partial charge in [-0.2, -0.15) is 0 Å². The number of ether oxygens (including phenoxy) is 1. The Balaban J connectivity index is 1.66. The molecule has 6 nitrogen and oxygen atoms in total. The van der Waals surface area contributed by atoms with E-state index >= 15 is 0 Å². The molecule has 3 fully saturated rings. The van der Waals surface area contributed by atoms with Crippen molar-refractivity contribution in [2.75, 3.05) is 39.1 Å². The predicted molar refractivity (Wildman–Crippen MR) is 82.7 cm³/mol. The van der Waals surface area contributed by atoms with Crippen LogP contribution in [0.5, 0.6) is 0 Å². The average Bonchev–Trinajstić information content (AvgIpc) is 3.02. The first-order chi connectivity index (χ1) is 10.4. The summed E-state index contributed by atoms with van der Waals surface area (Å²) in [5.74, 6) is 0.690.